The van der Waals surface area contributed by atoms with Crippen LogP contribution in [-0.2, 0) is 10.1 Å². The normalized spacial score (nSPS) is 17.4. The predicted molar refractivity (Wildman–Crippen MR) is 84.4 cm³/mol. The minimum atomic E-state index is -4.20. The first-order chi connectivity index (χ1) is 9.91. The van der Waals surface area contributed by atoms with E-state index in [0.717, 1.165) is 29.8 Å². The van der Waals surface area contributed by atoms with Gasteiger partial charge in [-0.25, -0.2) is 0 Å². The summed E-state index contributed by atoms with van der Waals surface area (Å²) in [6, 6.07) is 6.31. The molecule has 112 valence electrons. The van der Waals surface area contributed by atoms with Crippen LogP contribution in [0.3, 0.4) is 0 Å². The molecule has 21 heavy (non-hydrogen) atoms. The van der Waals surface area contributed by atoms with E-state index < -0.39 is 10.1 Å². The molecular weight excluding hydrogens is 286 g/mol. The van der Waals surface area contributed by atoms with Crippen LogP contribution in [0.5, 0.6) is 0 Å². The summed E-state index contributed by atoms with van der Waals surface area (Å²) in [6.45, 7) is 4.76. The summed E-state index contributed by atoms with van der Waals surface area (Å²) in [5.74, 6) is 0. The fourth-order valence-electron chi connectivity index (χ4n) is 2.26. The number of benzene rings is 1. The highest BCUT2D eigenvalue weighted by Crippen LogP contribution is 2.25. The van der Waals surface area contributed by atoms with Gasteiger partial charge in [-0.3, -0.25) is 4.55 Å². The maximum Gasteiger partial charge on any atom is 0.294 e. The van der Waals surface area contributed by atoms with Crippen molar-refractivity contribution in [2.24, 2.45) is 0 Å². The van der Waals surface area contributed by atoms with Gasteiger partial charge in [0.2, 0.25) is 0 Å². The molecule has 1 aliphatic rings. The monoisotopic (exact) mass is 305 g/mol. The molecule has 0 aliphatic heterocycles. The van der Waals surface area contributed by atoms with Crippen LogP contribution in [0.4, 0.5) is 0 Å². The van der Waals surface area contributed by atoms with E-state index in [0.29, 0.717) is 0 Å². The molecule has 0 saturated carbocycles. The van der Waals surface area contributed by atoms with Gasteiger partial charge in [0.15, 0.2) is 0 Å². The van der Waals surface area contributed by atoms with E-state index in [4.69, 9.17) is 0 Å². The van der Waals surface area contributed by atoms with Crippen LogP contribution in [0, 0.1) is 0 Å². The van der Waals surface area contributed by atoms with Crippen molar-refractivity contribution in [2.75, 3.05) is 6.54 Å². The lowest BCUT2D eigenvalue weighted by Crippen LogP contribution is -2.14. The van der Waals surface area contributed by atoms with Crippen LogP contribution in [0.15, 0.2) is 58.5 Å². The van der Waals surface area contributed by atoms with E-state index in [1.165, 1.54) is 17.7 Å². The molecule has 0 aromatic heterocycles. The first-order valence-electron chi connectivity index (χ1n) is 6.81. The molecule has 5 heteroatoms. The Morgan fingerprint density at radius 3 is 2.76 bits per heavy atom. The zero-order valence-electron chi connectivity index (χ0n) is 12.1. The lowest BCUT2D eigenvalue weighted by atomic mass is 9.98. The molecular formula is C16H19NO3S. The van der Waals surface area contributed by atoms with Crippen molar-refractivity contribution in [3.05, 3.63) is 59.2 Å². The van der Waals surface area contributed by atoms with E-state index in [1.54, 1.807) is 6.07 Å². The Labute approximate surface area is 125 Å². The smallest absolute Gasteiger partial charge is 0.294 e. The fraction of sp³-hybridized carbons (Fsp3) is 0.250. The predicted octanol–water partition coefficient (Wildman–Crippen LogP) is 3.16. The van der Waals surface area contributed by atoms with Crippen molar-refractivity contribution >= 4 is 15.8 Å². The molecule has 2 N–H and O–H groups in total. The Balaban J connectivity index is 2.57. The fourth-order valence-corrected chi connectivity index (χ4v) is 2.79. The second-order valence-corrected chi connectivity index (χ2v) is 6.38. The third kappa shape index (κ3) is 3.83. The lowest BCUT2D eigenvalue weighted by molar-refractivity contribution is 0.483. The second kappa shape index (κ2) is 6.28. The highest BCUT2D eigenvalue weighted by Gasteiger charge is 2.13. The Morgan fingerprint density at radius 1 is 1.38 bits per heavy atom. The number of nitrogens with one attached hydrogen (secondary N) is 1. The minimum absolute atomic E-state index is 0.100. The molecule has 0 amide bonds. The first-order valence-corrected chi connectivity index (χ1v) is 8.25. The molecule has 2 rings (SSSR count). The number of hydrogen-bond donors (Lipinski definition) is 2. The molecule has 0 radical (unpaired) electrons. The highest BCUT2D eigenvalue weighted by molar-refractivity contribution is 7.85. The van der Waals surface area contributed by atoms with Gasteiger partial charge in [0.05, 0.1) is 4.90 Å². The van der Waals surface area contributed by atoms with Gasteiger partial charge >= 0.3 is 0 Å². The average molecular weight is 305 g/mol. The van der Waals surface area contributed by atoms with Gasteiger partial charge in [0.1, 0.15) is 0 Å². The molecule has 1 aromatic rings. The Hall–Kier alpha value is -1.85. The quantitative estimate of drug-likeness (QED) is 0.839. The third-order valence-electron chi connectivity index (χ3n) is 3.20. The topological polar surface area (TPSA) is 66.4 Å². The van der Waals surface area contributed by atoms with Gasteiger partial charge in [0.25, 0.3) is 10.1 Å². The zero-order chi connectivity index (χ0) is 15.5. The summed E-state index contributed by atoms with van der Waals surface area (Å²) in [6.07, 6.45) is 7.10. The summed E-state index contributed by atoms with van der Waals surface area (Å²) in [5.41, 5.74) is 3.85. The van der Waals surface area contributed by atoms with Crippen molar-refractivity contribution in [3.8, 4) is 0 Å². The molecule has 0 bridgehead atoms. The van der Waals surface area contributed by atoms with Gasteiger partial charge in [-0.05, 0) is 43.5 Å². The molecule has 0 unspecified atom stereocenters. The molecule has 1 aliphatic carbocycles. The van der Waals surface area contributed by atoms with Crippen LogP contribution in [-0.4, -0.2) is 19.5 Å². The average Bonchev–Trinajstić information content (AvgIpc) is 2.44. The molecule has 0 spiro atoms. The van der Waals surface area contributed by atoms with Gasteiger partial charge in [0, 0.05) is 12.2 Å². The summed E-state index contributed by atoms with van der Waals surface area (Å²) in [4.78, 5) is -0.100. The van der Waals surface area contributed by atoms with Crippen LogP contribution >= 0.6 is 0 Å². The molecule has 0 atom stereocenters. The Kier molecular flexibility index (Phi) is 4.65. The van der Waals surface area contributed by atoms with Crippen molar-refractivity contribution in [1.82, 2.24) is 5.32 Å². The van der Waals surface area contributed by atoms with E-state index in [2.05, 4.69) is 24.4 Å². The molecule has 1 aromatic carbocycles. The van der Waals surface area contributed by atoms with E-state index in [1.807, 2.05) is 19.1 Å². The van der Waals surface area contributed by atoms with Gasteiger partial charge in [-0.1, -0.05) is 35.9 Å². The second-order valence-electron chi connectivity index (χ2n) is 4.96. The van der Waals surface area contributed by atoms with Crippen molar-refractivity contribution in [1.29, 1.82) is 0 Å². The molecule has 0 heterocycles. The first kappa shape index (κ1) is 15.5. The Morgan fingerprint density at radius 2 is 2.14 bits per heavy atom. The van der Waals surface area contributed by atoms with Crippen LogP contribution in [0.1, 0.15) is 25.8 Å². The molecule has 0 fully saturated rings. The standard InChI is InChI=1S/C16H19NO3S/c1-3-17-16(13-7-4-6-12(2)10-13)14-8-5-9-15(11-14)21(18,19)20/h4-5,7-11,17H,3,6H2,1-2H3,(H,18,19,20). The van der Waals surface area contributed by atoms with Crippen LogP contribution in [0.25, 0.3) is 5.70 Å². The van der Waals surface area contributed by atoms with Crippen LogP contribution < -0.4 is 5.32 Å². The minimum Gasteiger partial charge on any atom is -0.384 e. The highest BCUT2D eigenvalue weighted by atomic mass is 32.2. The zero-order valence-corrected chi connectivity index (χ0v) is 12.9. The van der Waals surface area contributed by atoms with Gasteiger partial charge in [-0.15, -0.1) is 0 Å². The number of allylic oxidation sites excluding steroid dienone is 5. The van der Waals surface area contributed by atoms with Crippen molar-refractivity contribution in [2.45, 2.75) is 25.2 Å². The van der Waals surface area contributed by atoms with Gasteiger partial charge < -0.3 is 5.32 Å². The largest absolute Gasteiger partial charge is 0.384 e. The maximum absolute atomic E-state index is 11.3. The van der Waals surface area contributed by atoms with E-state index in [-0.39, 0.29) is 4.90 Å². The summed E-state index contributed by atoms with van der Waals surface area (Å²) in [5, 5.41) is 3.28. The maximum atomic E-state index is 11.3. The summed E-state index contributed by atoms with van der Waals surface area (Å²) >= 11 is 0. The Bertz CT molecular complexity index is 728. The lowest BCUT2D eigenvalue weighted by Gasteiger charge is -2.16. The van der Waals surface area contributed by atoms with E-state index in [9.17, 15) is 13.0 Å². The summed E-state index contributed by atoms with van der Waals surface area (Å²) in [7, 11) is -4.20. The van der Waals surface area contributed by atoms with E-state index >= 15 is 0 Å². The summed E-state index contributed by atoms with van der Waals surface area (Å²) < 4.78 is 31.8. The SMILES string of the molecule is CCNC(=C1C=CCC(C)=C1)c1cccc(S(=O)(=O)O)c1. The van der Waals surface area contributed by atoms with Crippen LogP contribution in [0.2, 0.25) is 0 Å². The molecule has 0 saturated heterocycles. The van der Waals surface area contributed by atoms with Crippen molar-refractivity contribution in [3.63, 3.8) is 0 Å². The molecule has 4 nitrogen and oxygen atoms in total. The number of rotatable bonds is 4. The third-order valence-corrected chi connectivity index (χ3v) is 4.05. The number of hydrogen-bond acceptors (Lipinski definition) is 3. The van der Waals surface area contributed by atoms with Crippen molar-refractivity contribution < 1.29 is 13.0 Å². The van der Waals surface area contributed by atoms with Gasteiger partial charge in [-0.2, -0.15) is 8.42 Å².